The van der Waals surface area contributed by atoms with Crippen LogP contribution in [0.15, 0.2) is 79.0 Å². The predicted molar refractivity (Wildman–Crippen MR) is 139 cm³/mol. The summed E-state index contributed by atoms with van der Waals surface area (Å²) in [4.78, 5) is 33.2. The number of fused-ring (bicyclic) bond motifs is 1. The molecule has 0 bridgehead atoms. The molecule has 2 amide bonds. The number of rotatable bonds is 9. The van der Waals surface area contributed by atoms with Gasteiger partial charge in [-0.15, -0.1) is 0 Å². The number of alkyl halides is 3. The van der Waals surface area contributed by atoms with Crippen molar-refractivity contribution in [1.29, 1.82) is 0 Å². The Morgan fingerprint density at radius 1 is 0.923 bits per heavy atom. The van der Waals surface area contributed by atoms with Gasteiger partial charge in [0.05, 0.1) is 5.56 Å². The number of carbonyl (C=O) groups is 2. The van der Waals surface area contributed by atoms with Crippen LogP contribution in [0.1, 0.15) is 39.9 Å². The van der Waals surface area contributed by atoms with Crippen LogP contribution < -0.4 is 0 Å². The molecule has 0 aliphatic heterocycles. The Hall–Kier alpha value is -4.14. The van der Waals surface area contributed by atoms with E-state index in [0.717, 1.165) is 59.1 Å². The summed E-state index contributed by atoms with van der Waals surface area (Å²) in [7, 11) is 0. The van der Waals surface area contributed by atoms with Gasteiger partial charge in [-0.05, 0) is 72.9 Å². The molecule has 0 atom stereocenters. The number of nitrogens with zero attached hydrogens (tertiary/aromatic N) is 2. The number of benzene rings is 3. The lowest BCUT2D eigenvalue weighted by Gasteiger charge is -2.28. The Morgan fingerprint density at radius 3 is 2.28 bits per heavy atom. The number of amides is 2. The first kappa shape index (κ1) is 26.5. The first-order valence-corrected chi connectivity index (χ1v) is 12.7. The predicted octanol–water partition coefficient (Wildman–Crippen LogP) is 6.20. The van der Waals surface area contributed by atoms with Crippen molar-refractivity contribution in [2.24, 2.45) is 0 Å². The average molecular weight is 538 g/mol. The fourth-order valence-electron chi connectivity index (χ4n) is 4.66. The SMILES string of the molecule is O=C(CN(C(=O)c1ccc(C(F)(F)F)cc1)C1CC1)N(CCc1c[nH]c2ccccc12)Cc1ccc(F)cc1. The topological polar surface area (TPSA) is 56.4 Å². The summed E-state index contributed by atoms with van der Waals surface area (Å²) >= 11 is 0. The zero-order valence-electron chi connectivity index (χ0n) is 21.0. The molecule has 1 aromatic heterocycles. The molecule has 1 aliphatic carbocycles. The molecule has 39 heavy (non-hydrogen) atoms. The quantitative estimate of drug-likeness (QED) is 0.259. The number of para-hydroxylation sites is 1. The van der Waals surface area contributed by atoms with Crippen LogP contribution in [0.2, 0.25) is 0 Å². The molecule has 1 heterocycles. The van der Waals surface area contributed by atoms with Gasteiger partial charge in [-0.2, -0.15) is 13.2 Å². The molecule has 1 aliphatic rings. The molecule has 1 fully saturated rings. The Morgan fingerprint density at radius 2 is 1.62 bits per heavy atom. The van der Waals surface area contributed by atoms with E-state index >= 15 is 0 Å². The zero-order valence-corrected chi connectivity index (χ0v) is 21.0. The van der Waals surface area contributed by atoms with Crippen molar-refractivity contribution >= 4 is 22.7 Å². The van der Waals surface area contributed by atoms with Gasteiger partial charge in [0.2, 0.25) is 5.91 Å². The van der Waals surface area contributed by atoms with E-state index in [-0.39, 0.29) is 36.4 Å². The molecule has 5 nitrogen and oxygen atoms in total. The number of hydrogen-bond acceptors (Lipinski definition) is 2. The highest BCUT2D eigenvalue weighted by atomic mass is 19.4. The van der Waals surface area contributed by atoms with Crippen molar-refractivity contribution < 1.29 is 27.2 Å². The van der Waals surface area contributed by atoms with E-state index in [9.17, 15) is 27.2 Å². The monoisotopic (exact) mass is 537 g/mol. The van der Waals surface area contributed by atoms with E-state index < -0.39 is 17.6 Å². The van der Waals surface area contributed by atoms with Gasteiger partial charge in [0.25, 0.3) is 5.91 Å². The maximum Gasteiger partial charge on any atom is 0.416 e. The lowest BCUT2D eigenvalue weighted by atomic mass is 10.1. The van der Waals surface area contributed by atoms with Crippen molar-refractivity contribution in [1.82, 2.24) is 14.8 Å². The van der Waals surface area contributed by atoms with E-state index in [0.29, 0.717) is 13.0 Å². The first-order chi connectivity index (χ1) is 18.7. The summed E-state index contributed by atoms with van der Waals surface area (Å²) < 4.78 is 52.4. The van der Waals surface area contributed by atoms with Gasteiger partial charge in [-0.3, -0.25) is 9.59 Å². The average Bonchev–Trinajstić information content (AvgIpc) is 3.69. The summed E-state index contributed by atoms with van der Waals surface area (Å²) in [6.45, 7) is 0.402. The summed E-state index contributed by atoms with van der Waals surface area (Å²) in [6.07, 6.45) is -0.567. The Kier molecular flexibility index (Phi) is 7.41. The normalized spacial score (nSPS) is 13.4. The second-order valence-electron chi connectivity index (χ2n) is 9.79. The molecule has 202 valence electrons. The van der Waals surface area contributed by atoms with Crippen LogP contribution in [0, 0.1) is 5.82 Å². The highest BCUT2D eigenvalue weighted by Crippen LogP contribution is 2.31. The second-order valence-corrected chi connectivity index (χ2v) is 9.79. The molecule has 4 aromatic rings. The van der Waals surface area contributed by atoms with Crippen LogP contribution in [-0.2, 0) is 23.9 Å². The minimum absolute atomic E-state index is 0.103. The largest absolute Gasteiger partial charge is 0.416 e. The van der Waals surface area contributed by atoms with Crippen molar-refractivity contribution in [2.75, 3.05) is 13.1 Å². The molecule has 0 spiro atoms. The molecule has 9 heteroatoms. The van der Waals surface area contributed by atoms with Crippen LogP contribution in [0.25, 0.3) is 10.9 Å². The maximum absolute atomic E-state index is 13.6. The van der Waals surface area contributed by atoms with Crippen molar-refractivity contribution in [3.63, 3.8) is 0 Å². The number of aromatic amines is 1. The third-order valence-electron chi connectivity index (χ3n) is 6.98. The lowest BCUT2D eigenvalue weighted by Crippen LogP contribution is -2.44. The molecule has 5 rings (SSSR count). The highest BCUT2D eigenvalue weighted by Gasteiger charge is 2.36. The number of nitrogens with one attached hydrogen (secondary N) is 1. The van der Waals surface area contributed by atoms with E-state index in [4.69, 9.17) is 0 Å². The molecular formula is C30H27F4N3O2. The Labute approximate surface area is 223 Å². The summed E-state index contributed by atoms with van der Waals surface area (Å²) in [5.41, 5.74) is 2.05. The van der Waals surface area contributed by atoms with Gasteiger partial charge in [-0.1, -0.05) is 30.3 Å². The molecule has 1 N–H and O–H groups in total. The third kappa shape index (κ3) is 6.30. The van der Waals surface area contributed by atoms with Crippen LogP contribution in [-0.4, -0.2) is 45.7 Å². The molecule has 1 saturated carbocycles. The van der Waals surface area contributed by atoms with Gasteiger partial charge in [0.15, 0.2) is 0 Å². The fourth-order valence-corrected chi connectivity index (χ4v) is 4.66. The minimum Gasteiger partial charge on any atom is -0.361 e. The number of aromatic nitrogens is 1. The first-order valence-electron chi connectivity index (χ1n) is 12.7. The highest BCUT2D eigenvalue weighted by molar-refractivity contribution is 5.97. The summed E-state index contributed by atoms with van der Waals surface area (Å²) in [5.74, 6) is -1.14. The van der Waals surface area contributed by atoms with E-state index in [1.165, 1.54) is 17.0 Å². The van der Waals surface area contributed by atoms with Gasteiger partial charge in [-0.25, -0.2) is 4.39 Å². The standard InChI is InChI=1S/C30H27F4N3O2/c31-24-11-5-20(6-12-24)18-36(16-15-22-17-35-27-4-2-1-3-26(22)27)28(38)19-37(25-13-14-25)29(39)21-7-9-23(10-8-21)30(32,33)34/h1-12,17,25,35H,13-16,18-19H2. The summed E-state index contributed by atoms with van der Waals surface area (Å²) in [6, 6.07) is 17.7. The van der Waals surface area contributed by atoms with E-state index in [1.54, 1.807) is 17.0 Å². The molecular weight excluding hydrogens is 510 g/mol. The van der Waals surface area contributed by atoms with E-state index in [1.807, 2.05) is 30.5 Å². The molecule has 0 saturated heterocycles. The van der Waals surface area contributed by atoms with Crippen LogP contribution in [0.4, 0.5) is 17.6 Å². The Bertz CT molecular complexity index is 1460. The molecule has 0 unspecified atom stereocenters. The molecule has 3 aromatic carbocycles. The smallest absolute Gasteiger partial charge is 0.361 e. The maximum atomic E-state index is 13.6. The van der Waals surface area contributed by atoms with Crippen molar-refractivity contribution in [3.05, 3.63) is 107 Å². The number of H-pyrrole nitrogens is 1. The Balaban J connectivity index is 1.34. The van der Waals surface area contributed by atoms with Crippen LogP contribution >= 0.6 is 0 Å². The zero-order chi connectivity index (χ0) is 27.6. The summed E-state index contributed by atoms with van der Waals surface area (Å²) in [5, 5.41) is 1.06. The number of hydrogen-bond donors (Lipinski definition) is 1. The number of halogens is 4. The van der Waals surface area contributed by atoms with Crippen LogP contribution in [0.5, 0.6) is 0 Å². The number of carbonyl (C=O) groups excluding carboxylic acids is 2. The third-order valence-corrected chi connectivity index (χ3v) is 6.98. The fraction of sp³-hybridized carbons (Fsp3) is 0.267. The lowest BCUT2D eigenvalue weighted by molar-refractivity contribution is -0.137. The van der Waals surface area contributed by atoms with Crippen molar-refractivity contribution in [2.45, 2.75) is 38.0 Å². The van der Waals surface area contributed by atoms with Gasteiger partial charge >= 0.3 is 6.18 Å². The molecule has 0 radical (unpaired) electrons. The second kappa shape index (κ2) is 10.9. The van der Waals surface area contributed by atoms with Gasteiger partial charge in [0.1, 0.15) is 12.4 Å². The van der Waals surface area contributed by atoms with E-state index in [2.05, 4.69) is 4.98 Å². The van der Waals surface area contributed by atoms with Crippen LogP contribution in [0.3, 0.4) is 0 Å². The van der Waals surface area contributed by atoms with Crippen molar-refractivity contribution in [3.8, 4) is 0 Å². The minimum atomic E-state index is -4.50. The van der Waals surface area contributed by atoms with Gasteiger partial charge < -0.3 is 14.8 Å². The van der Waals surface area contributed by atoms with Gasteiger partial charge in [0, 0.05) is 41.8 Å².